The fraction of sp³-hybridized carbons (Fsp3) is 1.00. The summed E-state index contributed by atoms with van der Waals surface area (Å²) in [5, 5.41) is 3.02. The molecule has 17 heavy (non-hydrogen) atoms. The lowest BCUT2D eigenvalue weighted by atomic mass is 10.0. The monoisotopic (exact) mass is 263 g/mol. The molecule has 1 saturated heterocycles. The highest BCUT2D eigenvalue weighted by atomic mass is 32.2. The average Bonchev–Trinajstić information content (AvgIpc) is 2.29. The SMILES string of the molecule is CNCCCN(C)S(=O)(=O)N1CCC(C)CC1. The van der Waals surface area contributed by atoms with Crippen LogP contribution in [0.25, 0.3) is 0 Å². The van der Waals surface area contributed by atoms with E-state index in [4.69, 9.17) is 0 Å². The van der Waals surface area contributed by atoms with E-state index in [1.807, 2.05) is 7.05 Å². The van der Waals surface area contributed by atoms with Crippen molar-refractivity contribution in [1.82, 2.24) is 13.9 Å². The Morgan fingerprint density at radius 1 is 1.35 bits per heavy atom. The Balaban J connectivity index is 2.49. The molecular formula is C11H25N3O2S. The molecule has 0 bridgehead atoms. The van der Waals surface area contributed by atoms with Gasteiger partial charge in [0.1, 0.15) is 0 Å². The van der Waals surface area contributed by atoms with Crippen molar-refractivity contribution in [2.45, 2.75) is 26.2 Å². The number of hydrogen-bond acceptors (Lipinski definition) is 3. The van der Waals surface area contributed by atoms with E-state index in [-0.39, 0.29) is 0 Å². The van der Waals surface area contributed by atoms with Crippen molar-refractivity contribution in [3.63, 3.8) is 0 Å². The highest BCUT2D eigenvalue weighted by Crippen LogP contribution is 2.20. The molecule has 1 aliphatic rings. The van der Waals surface area contributed by atoms with E-state index >= 15 is 0 Å². The predicted molar refractivity (Wildman–Crippen MR) is 70.1 cm³/mol. The summed E-state index contributed by atoms with van der Waals surface area (Å²) in [4.78, 5) is 0. The second-order valence-electron chi connectivity index (χ2n) is 4.87. The van der Waals surface area contributed by atoms with Crippen LogP contribution in [-0.2, 0) is 10.2 Å². The molecule has 0 amide bonds. The standard InChI is InChI=1S/C11H25N3O2S/c1-11-5-9-14(10-6-11)17(15,16)13(3)8-4-7-12-2/h11-12H,4-10H2,1-3H3. The fourth-order valence-electron chi connectivity index (χ4n) is 2.01. The Morgan fingerprint density at radius 2 is 1.94 bits per heavy atom. The van der Waals surface area contributed by atoms with Gasteiger partial charge in [-0.1, -0.05) is 6.92 Å². The smallest absolute Gasteiger partial charge is 0.281 e. The van der Waals surface area contributed by atoms with Crippen LogP contribution in [0.4, 0.5) is 0 Å². The van der Waals surface area contributed by atoms with Crippen LogP contribution in [0.3, 0.4) is 0 Å². The van der Waals surface area contributed by atoms with Crippen LogP contribution in [0.15, 0.2) is 0 Å². The molecule has 1 rings (SSSR count). The largest absolute Gasteiger partial charge is 0.320 e. The van der Waals surface area contributed by atoms with E-state index in [9.17, 15) is 8.42 Å². The molecule has 1 heterocycles. The molecule has 1 fully saturated rings. The number of nitrogens with zero attached hydrogens (tertiary/aromatic N) is 2. The van der Waals surface area contributed by atoms with Crippen LogP contribution in [0.1, 0.15) is 26.2 Å². The third-order valence-electron chi connectivity index (χ3n) is 3.36. The first kappa shape index (κ1) is 14.9. The molecule has 0 spiro atoms. The lowest BCUT2D eigenvalue weighted by Crippen LogP contribution is -2.46. The molecule has 0 unspecified atom stereocenters. The van der Waals surface area contributed by atoms with Crippen LogP contribution >= 0.6 is 0 Å². The summed E-state index contributed by atoms with van der Waals surface area (Å²) in [7, 11) is 0.318. The summed E-state index contributed by atoms with van der Waals surface area (Å²) in [5.74, 6) is 0.649. The molecule has 0 aromatic rings. The van der Waals surface area contributed by atoms with Crippen LogP contribution in [-0.4, -0.2) is 57.3 Å². The third kappa shape index (κ3) is 4.21. The maximum Gasteiger partial charge on any atom is 0.281 e. The summed E-state index contributed by atoms with van der Waals surface area (Å²) in [5.41, 5.74) is 0. The van der Waals surface area contributed by atoms with Crippen LogP contribution in [0.5, 0.6) is 0 Å². The zero-order valence-corrected chi connectivity index (χ0v) is 12.0. The van der Waals surface area contributed by atoms with Gasteiger partial charge in [-0.15, -0.1) is 0 Å². The summed E-state index contributed by atoms with van der Waals surface area (Å²) in [6.07, 6.45) is 2.80. The van der Waals surface area contributed by atoms with Crippen molar-refractivity contribution in [2.75, 3.05) is 40.3 Å². The van der Waals surface area contributed by atoms with E-state index in [1.165, 1.54) is 4.31 Å². The van der Waals surface area contributed by atoms with Crippen LogP contribution in [0.2, 0.25) is 0 Å². The molecule has 0 radical (unpaired) electrons. The zero-order valence-electron chi connectivity index (χ0n) is 11.1. The minimum Gasteiger partial charge on any atom is -0.320 e. The maximum absolute atomic E-state index is 12.2. The molecule has 5 nitrogen and oxygen atoms in total. The van der Waals surface area contributed by atoms with Gasteiger partial charge in [0.05, 0.1) is 0 Å². The van der Waals surface area contributed by atoms with Crippen molar-refractivity contribution in [2.24, 2.45) is 5.92 Å². The minimum atomic E-state index is -3.23. The van der Waals surface area contributed by atoms with E-state index in [0.717, 1.165) is 25.8 Å². The topological polar surface area (TPSA) is 52.7 Å². The Hall–Kier alpha value is -0.170. The first-order chi connectivity index (χ1) is 7.98. The van der Waals surface area contributed by atoms with E-state index in [0.29, 0.717) is 25.6 Å². The summed E-state index contributed by atoms with van der Waals surface area (Å²) >= 11 is 0. The number of hydrogen-bond donors (Lipinski definition) is 1. The maximum atomic E-state index is 12.2. The van der Waals surface area contributed by atoms with Crippen molar-refractivity contribution < 1.29 is 8.42 Å². The quantitative estimate of drug-likeness (QED) is 0.710. The van der Waals surface area contributed by atoms with Gasteiger partial charge in [-0.2, -0.15) is 17.0 Å². The van der Waals surface area contributed by atoms with Gasteiger partial charge in [-0.25, -0.2) is 0 Å². The van der Waals surface area contributed by atoms with Gasteiger partial charge >= 0.3 is 0 Å². The number of nitrogens with one attached hydrogen (secondary N) is 1. The van der Waals surface area contributed by atoms with Gasteiger partial charge in [-0.05, 0) is 38.8 Å². The fourth-order valence-corrected chi connectivity index (χ4v) is 3.43. The predicted octanol–water partition coefficient (Wildman–Crippen LogP) is 0.504. The van der Waals surface area contributed by atoms with Gasteiger partial charge in [0.2, 0.25) is 0 Å². The highest BCUT2D eigenvalue weighted by molar-refractivity contribution is 7.86. The van der Waals surface area contributed by atoms with Gasteiger partial charge in [0.15, 0.2) is 0 Å². The normalized spacial score (nSPS) is 20.0. The molecule has 0 aromatic carbocycles. The molecule has 0 aliphatic carbocycles. The van der Waals surface area contributed by atoms with E-state index in [2.05, 4.69) is 12.2 Å². The van der Waals surface area contributed by atoms with Gasteiger partial charge in [0.25, 0.3) is 10.2 Å². The molecule has 0 atom stereocenters. The molecule has 1 aliphatic heterocycles. The number of piperidine rings is 1. The first-order valence-electron chi connectivity index (χ1n) is 6.34. The van der Waals surface area contributed by atoms with Gasteiger partial charge < -0.3 is 5.32 Å². The lowest BCUT2D eigenvalue weighted by molar-refractivity contribution is 0.270. The lowest BCUT2D eigenvalue weighted by Gasteiger charge is -2.32. The highest BCUT2D eigenvalue weighted by Gasteiger charge is 2.29. The number of rotatable bonds is 6. The minimum absolute atomic E-state index is 0.579. The Labute approximate surface area is 105 Å². The summed E-state index contributed by atoms with van der Waals surface area (Å²) in [6.45, 7) is 4.94. The first-order valence-corrected chi connectivity index (χ1v) is 7.74. The second kappa shape index (κ2) is 6.68. The Bertz CT molecular complexity index is 311. The zero-order chi connectivity index (χ0) is 12.9. The van der Waals surface area contributed by atoms with Crippen molar-refractivity contribution in [3.8, 4) is 0 Å². The molecular weight excluding hydrogens is 238 g/mol. The van der Waals surface area contributed by atoms with E-state index in [1.54, 1.807) is 11.4 Å². The van der Waals surface area contributed by atoms with Crippen LogP contribution in [0, 0.1) is 5.92 Å². The third-order valence-corrected chi connectivity index (χ3v) is 5.35. The molecule has 102 valence electrons. The van der Waals surface area contributed by atoms with Crippen LogP contribution < -0.4 is 5.32 Å². The molecule has 1 N–H and O–H groups in total. The van der Waals surface area contributed by atoms with Crippen molar-refractivity contribution >= 4 is 10.2 Å². The van der Waals surface area contributed by atoms with E-state index < -0.39 is 10.2 Å². The molecule has 6 heteroatoms. The molecule has 0 saturated carbocycles. The van der Waals surface area contributed by atoms with Crippen molar-refractivity contribution in [1.29, 1.82) is 0 Å². The molecule has 0 aromatic heterocycles. The average molecular weight is 263 g/mol. The van der Waals surface area contributed by atoms with Gasteiger partial charge in [0, 0.05) is 26.7 Å². The Morgan fingerprint density at radius 3 is 2.47 bits per heavy atom. The van der Waals surface area contributed by atoms with Gasteiger partial charge in [-0.3, -0.25) is 0 Å². The summed E-state index contributed by atoms with van der Waals surface area (Å²) < 4.78 is 27.5. The Kier molecular flexibility index (Phi) is 5.85. The summed E-state index contributed by atoms with van der Waals surface area (Å²) in [6, 6.07) is 0. The van der Waals surface area contributed by atoms with Crippen molar-refractivity contribution in [3.05, 3.63) is 0 Å². The second-order valence-corrected chi connectivity index (χ2v) is 6.90.